The number of anilines is 1. The second-order valence-corrected chi connectivity index (χ2v) is 10.6. The summed E-state index contributed by atoms with van der Waals surface area (Å²) in [5.74, 6) is 1.59. The predicted molar refractivity (Wildman–Crippen MR) is 141 cm³/mol. The van der Waals surface area contributed by atoms with Crippen LogP contribution in [0.5, 0.6) is 5.75 Å². The molecule has 2 aromatic carbocycles. The average molecular weight is 506 g/mol. The molecule has 1 N–H and O–H groups in total. The van der Waals surface area contributed by atoms with Crippen molar-refractivity contribution in [2.45, 2.75) is 76.2 Å². The van der Waals surface area contributed by atoms with Gasteiger partial charge in [0.25, 0.3) is 6.17 Å². The van der Waals surface area contributed by atoms with Gasteiger partial charge >= 0.3 is 11.3 Å². The summed E-state index contributed by atoms with van der Waals surface area (Å²) < 4.78 is 7.88. The topological polar surface area (TPSA) is 79.2 Å². The summed E-state index contributed by atoms with van der Waals surface area (Å²) >= 11 is 1.54. The van der Waals surface area contributed by atoms with Crippen LogP contribution in [0.15, 0.2) is 58.5 Å². The molecule has 7 nitrogen and oxygen atoms in total. The summed E-state index contributed by atoms with van der Waals surface area (Å²) in [6.07, 6.45) is 7.63. The van der Waals surface area contributed by atoms with E-state index in [1.807, 2.05) is 48.5 Å². The number of hydrogen-bond acceptors (Lipinski definition) is 5. The number of carbonyl (C=O) groups excluding carboxylic acids is 1. The van der Waals surface area contributed by atoms with E-state index < -0.39 is 6.17 Å². The molecule has 1 amide bonds. The van der Waals surface area contributed by atoms with Gasteiger partial charge in [0, 0.05) is 23.3 Å². The number of ether oxygens (including phenoxy) is 1. The van der Waals surface area contributed by atoms with E-state index in [1.165, 1.54) is 12.8 Å². The molecule has 3 aromatic rings. The van der Waals surface area contributed by atoms with Crippen LogP contribution in [0.3, 0.4) is 0 Å². The van der Waals surface area contributed by atoms with Crippen molar-refractivity contribution >= 4 is 23.4 Å². The molecule has 0 unspecified atom stereocenters. The Kier molecular flexibility index (Phi) is 7.41. The summed E-state index contributed by atoms with van der Waals surface area (Å²) in [5.41, 5.74) is 2.52. The molecule has 1 aromatic heterocycles. The fraction of sp³-hybridized carbons (Fsp3) is 0.429. The highest BCUT2D eigenvalue weighted by Crippen LogP contribution is 2.37. The Labute approximate surface area is 215 Å². The summed E-state index contributed by atoms with van der Waals surface area (Å²) in [4.78, 5) is 31.1. The van der Waals surface area contributed by atoms with Crippen LogP contribution < -0.4 is 19.9 Å². The monoisotopic (exact) mass is 505 g/mol. The third kappa shape index (κ3) is 4.91. The summed E-state index contributed by atoms with van der Waals surface area (Å²) in [6.45, 7) is 3.72. The van der Waals surface area contributed by atoms with Crippen LogP contribution in [0.2, 0.25) is 0 Å². The highest BCUT2D eigenvalue weighted by atomic mass is 32.2. The van der Waals surface area contributed by atoms with E-state index in [2.05, 4.69) is 11.9 Å². The first-order valence-corrected chi connectivity index (χ1v) is 13.9. The smallest absolute Gasteiger partial charge is 0.325 e. The van der Waals surface area contributed by atoms with Gasteiger partial charge in [-0.05, 0) is 73.2 Å². The van der Waals surface area contributed by atoms with Gasteiger partial charge in [-0.25, -0.2) is 4.90 Å². The number of hydrogen-bond donors (Lipinski definition) is 1. The lowest BCUT2D eigenvalue weighted by atomic mass is 10.0. The number of fused-ring (bicyclic) bond motifs is 3. The van der Waals surface area contributed by atoms with Crippen LogP contribution >= 0.6 is 11.8 Å². The maximum absolute atomic E-state index is 13.4. The lowest BCUT2D eigenvalue weighted by molar-refractivity contribution is -0.763. The zero-order valence-electron chi connectivity index (χ0n) is 20.9. The lowest BCUT2D eigenvalue weighted by Crippen LogP contribution is -2.60. The molecule has 188 valence electrons. The minimum absolute atomic E-state index is 0.115. The number of carbonyl (C=O) groups is 1. The van der Waals surface area contributed by atoms with Crippen molar-refractivity contribution in [1.29, 1.82) is 0 Å². The zero-order chi connectivity index (χ0) is 25.1. The Morgan fingerprint density at radius 3 is 2.61 bits per heavy atom. The third-order valence-electron chi connectivity index (χ3n) is 6.87. The third-order valence-corrected chi connectivity index (χ3v) is 7.82. The van der Waals surface area contributed by atoms with Gasteiger partial charge < -0.3 is 4.74 Å². The Balaban J connectivity index is 1.57. The van der Waals surface area contributed by atoms with Gasteiger partial charge in [0.15, 0.2) is 0 Å². The van der Waals surface area contributed by atoms with Crippen molar-refractivity contribution in [1.82, 2.24) is 10.1 Å². The molecule has 1 fully saturated rings. The molecule has 2 heterocycles. The number of aromatic amines is 1. The van der Waals surface area contributed by atoms with E-state index in [0.717, 1.165) is 49.2 Å². The van der Waals surface area contributed by atoms with Crippen LogP contribution in [0.25, 0.3) is 11.3 Å². The molecule has 0 spiro atoms. The number of H-pyrrole nitrogens is 1. The number of rotatable bonds is 8. The van der Waals surface area contributed by atoms with Crippen LogP contribution in [-0.2, 0) is 4.79 Å². The molecule has 1 aliphatic heterocycles. The SMILES string of the molecule is CCCCCSc1n[n+]2c(c(=O)[nH]1)-c1ccccc1N(C(C)=O)[C@H]2c1ccc(OC2CCCC2)cc1. The zero-order valence-corrected chi connectivity index (χ0v) is 21.7. The molecule has 5 rings (SSSR count). The van der Waals surface area contributed by atoms with Gasteiger partial charge in [0.05, 0.1) is 17.4 Å². The number of para-hydroxylation sites is 1. The van der Waals surface area contributed by atoms with Crippen molar-refractivity contribution in [2.75, 3.05) is 10.7 Å². The number of nitrogens with one attached hydrogen (secondary N) is 1. The first-order valence-electron chi connectivity index (χ1n) is 12.9. The molecule has 1 atom stereocenters. The second kappa shape index (κ2) is 10.9. The Morgan fingerprint density at radius 2 is 1.89 bits per heavy atom. The van der Waals surface area contributed by atoms with Gasteiger partial charge in [-0.2, -0.15) is 0 Å². The van der Waals surface area contributed by atoms with Crippen LogP contribution in [0, 0.1) is 0 Å². The van der Waals surface area contributed by atoms with Gasteiger partial charge in [0.1, 0.15) is 5.75 Å². The fourth-order valence-corrected chi connectivity index (χ4v) is 5.97. The number of nitrogens with zero attached hydrogens (tertiary/aromatic N) is 3. The molecule has 1 aliphatic carbocycles. The summed E-state index contributed by atoms with van der Waals surface area (Å²) in [5, 5.41) is 5.43. The molecule has 8 heteroatoms. The minimum Gasteiger partial charge on any atom is -0.490 e. The van der Waals surface area contributed by atoms with Crippen molar-refractivity contribution in [3.05, 3.63) is 64.4 Å². The molecular weight excluding hydrogens is 472 g/mol. The Bertz CT molecular complexity index is 1280. The molecule has 36 heavy (non-hydrogen) atoms. The number of thioether (sulfide) groups is 1. The van der Waals surface area contributed by atoms with Crippen molar-refractivity contribution in [3.63, 3.8) is 0 Å². The average Bonchev–Trinajstić information content (AvgIpc) is 3.39. The Morgan fingerprint density at radius 1 is 1.14 bits per heavy atom. The number of aromatic nitrogens is 3. The summed E-state index contributed by atoms with van der Waals surface area (Å²) in [6, 6.07) is 15.4. The van der Waals surface area contributed by atoms with E-state index in [-0.39, 0.29) is 17.6 Å². The predicted octanol–water partition coefficient (Wildman–Crippen LogP) is 5.24. The number of unbranched alkanes of at least 4 members (excludes halogenated alkanes) is 2. The van der Waals surface area contributed by atoms with E-state index >= 15 is 0 Å². The first-order chi connectivity index (χ1) is 17.6. The molecule has 1 saturated carbocycles. The van der Waals surface area contributed by atoms with E-state index in [0.29, 0.717) is 22.1 Å². The highest BCUT2D eigenvalue weighted by molar-refractivity contribution is 7.99. The maximum Gasteiger partial charge on any atom is 0.325 e. The molecule has 2 aliphatic rings. The number of benzene rings is 2. The van der Waals surface area contributed by atoms with Gasteiger partial charge in [-0.1, -0.05) is 43.7 Å². The molecule has 0 saturated heterocycles. The van der Waals surface area contributed by atoms with E-state index in [1.54, 1.807) is 28.3 Å². The second-order valence-electron chi connectivity index (χ2n) is 9.48. The van der Waals surface area contributed by atoms with E-state index in [9.17, 15) is 9.59 Å². The largest absolute Gasteiger partial charge is 0.490 e. The molecule has 0 bridgehead atoms. The van der Waals surface area contributed by atoms with E-state index in [4.69, 9.17) is 9.84 Å². The molecule has 0 radical (unpaired) electrons. The van der Waals surface area contributed by atoms with Crippen LogP contribution in [0.4, 0.5) is 5.69 Å². The summed E-state index contributed by atoms with van der Waals surface area (Å²) in [7, 11) is 0. The first kappa shape index (κ1) is 24.6. The minimum atomic E-state index is -0.578. The standard InChI is InChI=1S/C28H32N4O3S/c1-3-4-9-18-36-28-29-26(34)25-23-12-7-8-13-24(23)31(19(2)33)27(32(25)30-28)20-14-16-22(17-15-20)35-21-10-5-6-11-21/h7-8,12-17,21,27H,3-6,9-11,18H2,1-2H3/p+1/t27-/m1/s1. The van der Waals surface area contributed by atoms with Crippen LogP contribution in [0.1, 0.15) is 70.5 Å². The van der Waals surface area contributed by atoms with Gasteiger partial charge in [-0.15, -0.1) is 0 Å². The lowest BCUT2D eigenvalue weighted by Gasteiger charge is -2.31. The molecular formula is C28H33N4O3S+. The van der Waals surface area contributed by atoms with Crippen LogP contribution in [-0.4, -0.2) is 27.8 Å². The maximum atomic E-state index is 13.4. The highest BCUT2D eigenvalue weighted by Gasteiger charge is 2.44. The quantitative estimate of drug-likeness (QED) is 0.257. The van der Waals surface area contributed by atoms with Crippen molar-refractivity contribution < 1.29 is 14.2 Å². The van der Waals surface area contributed by atoms with Crippen molar-refractivity contribution in [2.24, 2.45) is 0 Å². The normalized spacial score (nSPS) is 17.1. The number of amides is 1. The van der Waals surface area contributed by atoms with Gasteiger partial charge in [0.2, 0.25) is 11.1 Å². The fourth-order valence-electron chi connectivity index (χ4n) is 5.12. The van der Waals surface area contributed by atoms with Crippen molar-refractivity contribution in [3.8, 4) is 17.0 Å². The van der Waals surface area contributed by atoms with Gasteiger partial charge in [-0.3, -0.25) is 14.6 Å². The Hall–Kier alpha value is -3.13.